The summed E-state index contributed by atoms with van der Waals surface area (Å²) in [6, 6.07) is 6.96. The fourth-order valence-corrected chi connectivity index (χ4v) is 2.72. The van der Waals surface area contributed by atoms with Gasteiger partial charge >= 0.3 is 5.97 Å². The number of methoxy groups -OCH3 is 1. The van der Waals surface area contributed by atoms with Crippen LogP contribution in [0.3, 0.4) is 0 Å². The number of amides is 2. The molecule has 7 nitrogen and oxygen atoms in total. The molecule has 0 unspecified atom stereocenters. The fraction of sp³-hybridized carbons (Fsp3) is 0.316. The number of aromatic amines is 1. The van der Waals surface area contributed by atoms with E-state index in [4.69, 9.17) is 4.74 Å². The number of H-pyrrole nitrogens is 1. The van der Waals surface area contributed by atoms with Crippen molar-refractivity contribution in [2.45, 2.75) is 26.8 Å². The molecule has 0 aliphatic rings. The zero-order valence-corrected chi connectivity index (χ0v) is 15.4. The molecular formula is C19H23N3O4. The van der Waals surface area contributed by atoms with Crippen molar-refractivity contribution >= 4 is 17.8 Å². The van der Waals surface area contributed by atoms with Crippen LogP contribution in [0, 0.1) is 6.92 Å². The predicted molar refractivity (Wildman–Crippen MR) is 97.2 cm³/mol. The molecular weight excluding hydrogens is 334 g/mol. The predicted octanol–water partition coefficient (Wildman–Crippen LogP) is 1.96. The quantitative estimate of drug-likeness (QED) is 0.688. The first-order valence-electron chi connectivity index (χ1n) is 8.31. The number of carbonyl (C=O) groups excluding carboxylic acids is 3. The van der Waals surface area contributed by atoms with Crippen molar-refractivity contribution in [3.05, 3.63) is 57.9 Å². The lowest BCUT2D eigenvalue weighted by Crippen LogP contribution is -2.24. The van der Waals surface area contributed by atoms with Crippen molar-refractivity contribution in [1.29, 1.82) is 0 Å². The van der Waals surface area contributed by atoms with Gasteiger partial charge in [0.25, 0.3) is 11.8 Å². The lowest BCUT2D eigenvalue weighted by molar-refractivity contribution is 0.0598. The molecule has 0 aliphatic heterocycles. The standard InChI is InChI=1S/C19H23N3O4/c1-5-14-15(19(25)26-4)11(2)16(22-14)18(24)21-10-12-6-8-13(9-7-12)17(23)20-3/h6-9,22H,5,10H2,1-4H3,(H,20,23)(H,21,24). The van der Waals surface area contributed by atoms with Crippen LogP contribution in [0.25, 0.3) is 0 Å². The molecule has 0 saturated carbocycles. The summed E-state index contributed by atoms with van der Waals surface area (Å²) in [4.78, 5) is 39.0. The van der Waals surface area contributed by atoms with Crippen molar-refractivity contribution in [3.8, 4) is 0 Å². The van der Waals surface area contributed by atoms with Gasteiger partial charge in [0.1, 0.15) is 5.69 Å². The summed E-state index contributed by atoms with van der Waals surface area (Å²) in [7, 11) is 2.89. The summed E-state index contributed by atoms with van der Waals surface area (Å²) < 4.78 is 4.80. The van der Waals surface area contributed by atoms with Crippen molar-refractivity contribution in [3.63, 3.8) is 0 Å². The highest BCUT2D eigenvalue weighted by molar-refractivity contribution is 6.00. The molecule has 26 heavy (non-hydrogen) atoms. The number of aromatic nitrogens is 1. The molecule has 0 fully saturated rings. The largest absolute Gasteiger partial charge is 0.465 e. The Balaban J connectivity index is 2.12. The van der Waals surface area contributed by atoms with Gasteiger partial charge in [0.05, 0.1) is 12.7 Å². The minimum absolute atomic E-state index is 0.162. The SMILES string of the molecule is CCc1[nH]c(C(=O)NCc2ccc(C(=O)NC)cc2)c(C)c1C(=O)OC. The van der Waals surface area contributed by atoms with E-state index in [0.717, 1.165) is 5.56 Å². The van der Waals surface area contributed by atoms with E-state index in [1.54, 1.807) is 38.2 Å². The van der Waals surface area contributed by atoms with Gasteiger partial charge in [0, 0.05) is 24.8 Å². The molecule has 7 heteroatoms. The van der Waals surface area contributed by atoms with E-state index in [9.17, 15) is 14.4 Å². The third-order valence-corrected chi connectivity index (χ3v) is 4.19. The zero-order valence-electron chi connectivity index (χ0n) is 15.4. The van der Waals surface area contributed by atoms with Crippen molar-refractivity contribution in [1.82, 2.24) is 15.6 Å². The monoisotopic (exact) mass is 357 g/mol. The number of hydrogen-bond donors (Lipinski definition) is 3. The maximum absolute atomic E-state index is 12.5. The molecule has 138 valence electrons. The van der Waals surface area contributed by atoms with Gasteiger partial charge in [-0.1, -0.05) is 19.1 Å². The molecule has 0 aliphatic carbocycles. The van der Waals surface area contributed by atoms with Crippen LogP contribution in [0.15, 0.2) is 24.3 Å². The lowest BCUT2D eigenvalue weighted by atomic mass is 10.1. The Morgan fingerprint density at radius 1 is 1.12 bits per heavy atom. The number of benzene rings is 1. The highest BCUT2D eigenvalue weighted by Crippen LogP contribution is 2.20. The van der Waals surface area contributed by atoms with Gasteiger partial charge in [0.2, 0.25) is 0 Å². The minimum Gasteiger partial charge on any atom is -0.465 e. The Hall–Kier alpha value is -3.09. The molecule has 0 bridgehead atoms. The Labute approximate surface area is 152 Å². The number of aryl methyl sites for hydroxylation is 1. The zero-order chi connectivity index (χ0) is 19.3. The van der Waals surface area contributed by atoms with E-state index in [1.165, 1.54) is 7.11 Å². The van der Waals surface area contributed by atoms with Crippen molar-refractivity contribution < 1.29 is 19.1 Å². The summed E-state index contributed by atoms with van der Waals surface area (Å²) in [6.45, 7) is 3.92. The number of carbonyl (C=O) groups is 3. The lowest BCUT2D eigenvalue weighted by Gasteiger charge is -2.06. The van der Waals surface area contributed by atoms with Crippen LogP contribution < -0.4 is 10.6 Å². The molecule has 1 aromatic carbocycles. The first-order chi connectivity index (χ1) is 12.4. The topological polar surface area (TPSA) is 100 Å². The molecule has 0 radical (unpaired) electrons. The van der Waals surface area contributed by atoms with Gasteiger partial charge < -0.3 is 20.4 Å². The molecule has 1 aromatic heterocycles. The van der Waals surface area contributed by atoms with Gasteiger partial charge in [-0.25, -0.2) is 4.79 Å². The Kier molecular flexibility index (Phi) is 6.16. The van der Waals surface area contributed by atoms with Crippen LogP contribution in [0.5, 0.6) is 0 Å². The van der Waals surface area contributed by atoms with Gasteiger partial charge in [-0.3, -0.25) is 9.59 Å². The van der Waals surface area contributed by atoms with Crippen LogP contribution in [-0.4, -0.2) is 36.9 Å². The van der Waals surface area contributed by atoms with Crippen LogP contribution in [-0.2, 0) is 17.7 Å². The normalized spacial score (nSPS) is 10.3. The second kappa shape index (κ2) is 8.33. The summed E-state index contributed by atoms with van der Waals surface area (Å²) in [5.74, 6) is -0.924. The number of nitrogens with one attached hydrogen (secondary N) is 3. The average molecular weight is 357 g/mol. The average Bonchev–Trinajstić information content (AvgIpc) is 3.01. The number of hydrogen-bond acceptors (Lipinski definition) is 4. The van der Waals surface area contributed by atoms with Crippen LogP contribution in [0.4, 0.5) is 0 Å². The first kappa shape index (κ1) is 19.2. The Morgan fingerprint density at radius 3 is 2.31 bits per heavy atom. The van der Waals surface area contributed by atoms with E-state index < -0.39 is 5.97 Å². The van der Waals surface area contributed by atoms with Gasteiger partial charge in [-0.15, -0.1) is 0 Å². The smallest absolute Gasteiger partial charge is 0.339 e. The van der Waals surface area contributed by atoms with Gasteiger partial charge in [-0.2, -0.15) is 0 Å². The molecule has 2 rings (SSSR count). The molecule has 0 spiro atoms. The summed E-state index contributed by atoms with van der Waals surface area (Å²) in [5.41, 5.74) is 3.42. The number of ether oxygens (including phenoxy) is 1. The van der Waals surface area contributed by atoms with Gasteiger partial charge in [-0.05, 0) is 36.6 Å². The van der Waals surface area contributed by atoms with Crippen molar-refractivity contribution in [2.75, 3.05) is 14.2 Å². The van der Waals surface area contributed by atoms with Gasteiger partial charge in [0.15, 0.2) is 0 Å². The van der Waals surface area contributed by atoms with E-state index in [2.05, 4.69) is 15.6 Å². The Morgan fingerprint density at radius 2 is 1.77 bits per heavy atom. The Bertz CT molecular complexity index is 822. The van der Waals surface area contributed by atoms with E-state index >= 15 is 0 Å². The van der Waals surface area contributed by atoms with Crippen LogP contribution >= 0.6 is 0 Å². The second-order valence-electron chi connectivity index (χ2n) is 5.78. The summed E-state index contributed by atoms with van der Waals surface area (Å²) in [6.07, 6.45) is 0.583. The maximum Gasteiger partial charge on any atom is 0.339 e. The number of esters is 1. The molecule has 2 amide bonds. The van der Waals surface area contributed by atoms with Crippen LogP contribution in [0.2, 0.25) is 0 Å². The molecule has 1 heterocycles. The minimum atomic E-state index is -0.459. The third kappa shape index (κ3) is 3.93. The van der Waals surface area contributed by atoms with E-state index in [1.807, 2.05) is 6.92 Å². The molecule has 0 saturated heterocycles. The first-order valence-corrected chi connectivity index (χ1v) is 8.31. The summed E-state index contributed by atoms with van der Waals surface area (Å²) in [5, 5.41) is 5.37. The molecule has 2 aromatic rings. The highest BCUT2D eigenvalue weighted by Gasteiger charge is 2.23. The summed E-state index contributed by atoms with van der Waals surface area (Å²) >= 11 is 0. The third-order valence-electron chi connectivity index (χ3n) is 4.19. The second-order valence-corrected chi connectivity index (χ2v) is 5.78. The molecule has 3 N–H and O–H groups in total. The fourth-order valence-electron chi connectivity index (χ4n) is 2.72. The van der Waals surface area contributed by atoms with Crippen LogP contribution in [0.1, 0.15) is 54.9 Å². The number of rotatable bonds is 6. The molecule has 0 atom stereocenters. The van der Waals surface area contributed by atoms with Crippen molar-refractivity contribution in [2.24, 2.45) is 0 Å². The maximum atomic E-state index is 12.5. The highest BCUT2D eigenvalue weighted by atomic mass is 16.5. The van der Waals surface area contributed by atoms with E-state index in [-0.39, 0.29) is 11.8 Å². The van der Waals surface area contributed by atoms with E-state index in [0.29, 0.717) is 41.0 Å².